The predicted octanol–water partition coefficient (Wildman–Crippen LogP) is 5.94. The Morgan fingerprint density at radius 3 is 2.17 bits per heavy atom. The molecular weight excluding hydrogens is 414 g/mol. The number of para-hydroxylation sites is 2. The monoisotopic (exact) mass is 429 g/mol. The van der Waals surface area contributed by atoms with Crippen LogP contribution < -0.4 is 5.32 Å². The van der Waals surface area contributed by atoms with Crippen molar-refractivity contribution in [1.29, 1.82) is 0 Å². The number of fused-ring (bicyclic) bond motifs is 2. The van der Waals surface area contributed by atoms with Gasteiger partial charge in [0, 0.05) is 15.8 Å². The number of rotatable bonds is 3. The predicted molar refractivity (Wildman–Crippen MR) is 125 cm³/mol. The van der Waals surface area contributed by atoms with Gasteiger partial charge in [-0.15, -0.1) is 0 Å². The molecule has 0 atom stereocenters. The van der Waals surface area contributed by atoms with E-state index in [4.69, 9.17) is 28.8 Å². The molecule has 1 aliphatic rings. The van der Waals surface area contributed by atoms with Gasteiger partial charge in [0.2, 0.25) is 0 Å². The summed E-state index contributed by atoms with van der Waals surface area (Å²) in [5, 5.41) is 5.60. The number of nitrogens with zero attached hydrogens (tertiary/aromatic N) is 2. The summed E-state index contributed by atoms with van der Waals surface area (Å²) in [4.78, 5) is 19.4. The molecule has 0 radical (unpaired) electrons. The van der Waals surface area contributed by atoms with Crippen molar-refractivity contribution in [3.63, 3.8) is 0 Å². The minimum atomic E-state index is -0.233. The maximum atomic E-state index is 12.6. The Balaban J connectivity index is 1.58. The first kappa shape index (κ1) is 18.7. The van der Waals surface area contributed by atoms with Crippen molar-refractivity contribution in [3.05, 3.63) is 94.6 Å². The fourth-order valence-corrected chi connectivity index (χ4v) is 4.04. The first-order chi connectivity index (χ1) is 14.6. The van der Waals surface area contributed by atoms with E-state index in [0.717, 1.165) is 32.9 Å². The van der Waals surface area contributed by atoms with Crippen LogP contribution in [0.3, 0.4) is 0 Å². The number of nitrogens with one attached hydrogen (secondary N) is 1. The molecule has 3 aromatic carbocycles. The number of aromatic nitrogens is 1. The van der Waals surface area contributed by atoms with Crippen molar-refractivity contribution in [2.24, 2.45) is 0 Å². The van der Waals surface area contributed by atoms with Crippen molar-refractivity contribution in [2.75, 3.05) is 0 Å². The van der Waals surface area contributed by atoms with Crippen molar-refractivity contribution in [2.45, 2.75) is 6.54 Å². The largest absolute Gasteiger partial charge is 0.327 e. The third kappa shape index (κ3) is 3.32. The first-order valence-electron chi connectivity index (χ1n) is 9.46. The van der Waals surface area contributed by atoms with Gasteiger partial charge in [-0.1, -0.05) is 72.3 Å². The zero-order valence-corrected chi connectivity index (χ0v) is 17.4. The molecule has 4 aromatic rings. The number of carbonyl (C=O) groups excluding carboxylic acids is 1. The van der Waals surface area contributed by atoms with E-state index in [9.17, 15) is 4.79 Å². The number of amides is 2. The highest BCUT2D eigenvalue weighted by Crippen LogP contribution is 2.29. The molecule has 4 nitrogen and oxygen atoms in total. The molecule has 0 saturated carbocycles. The number of halogens is 1. The normalized spacial score (nSPS) is 15.4. The van der Waals surface area contributed by atoms with Gasteiger partial charge in [0.05, 0.1) is 23.3 Å². The minimum absolute atomic E-state index is 0.233. The van der Waals surface area contributed by atoms with E-state index in [1.54, 1.807) is 17.0 Å². The molecule has 1 fully saturated rings. The van der Waals surface area contributed by atoms with Crippen LogP contribution in [0.4, 0.5) is 4.79 Å². The smallest absolute Gasteiger partial charge is 0.305 e. The van der Waals surface area contributed by atoms with Gasteiger partial charge in [-0.25, -0.2) is 9.78 Å². The maximum Gasteiger partial charge on any atom is 0.327 e. The van der Waals surface area contributed by atoms with Gasteiger partial charge >= 0.3 is 6.03 Å². The topological polar surface area (TPSA) is 45.2 Å². The van der Waals surface area contributed by atoms with Gasteiger partial charge < -0.3 is 5.32 Å². The molecule has 1 saturated heterocycles. The van der Waals surface area contributed by atoms with Gasteiger partial charge in [0.25, 0.3) is 0 Å². The number of hydrogen-bond acceptors (Lipinski definition) is 3. The first-order valence-corrected chi connectivity index (χ1v) is 10.3. The molecule has 1 N–H and O–H groups in total. The summed E-state index contributed by atoms with van der Waals surface area (Å²) in [6, 6.07) is 23.1. The van der Waals surface area contributed by atoms with Crippen LogP contribution in [0, 0.1) is 0 Å². The molecule has 1 aliphatic heterocycles. The summed E-state index contributed by atoms with van der Waals surface area (Å²) < 4.78 is 0. The van der Waals surface area contributed by atoms with Crippen LogP contribution in [0.25, 0.3) is 27.9 Å². The van der Waals surface area contributed by atoms with Gasteiger partial charge in [-0.3, -0.25) is 4.90 Å². The SMILES string of the molecule is O=C1N/C(=C/c2c3ccccc3nc3ccccc23)C(=S)N1Cc1ccc(Cl)cc1. The molecule has 2 amide bonds. The van der Waals surface area contributed by atoms with E-state index in [2.05, 4.69) is 5.32 Å². The molecule has 30 heavy (non-hydrogen) atoms. The maximum absolute atomic E-state index is 12.6. The Labute approximate surface area is 183 Å². The van der Waals surface area contributed by atoms with Gasteiger partial charge in [-0.05, 0) is 41.5 Å². The molecule has 0 unspecified atom stereocenters. The van der Waals surface area contributed by atoms with Crippen LogP contribution in [-0.2, 0) is 6.54 Å². The van der Waals surface area contributed by atoms with Crippen LogP contribution in [-0.4, -0.2) is 20.9 Å². The quantitative estimate of drug-likeness (QED) is 0.249. The summed E-state index contributed by atoms with van der Waals surface area (Å²) in [5.41, 5.74) is 4.36. The highest BCUT2D eigenvalue weighted by Gasteiger charge is 2.30. The van der Waals surface area contributed by atoms with Crippen molar-refractivity contribution >= 4 is 62.7 Å². The number of pyridine rings is 1. The van der Waals surface area contributed by atoms with E-state index < -0.39 is 0 Å². The Kier molecular flexibility index (Phi) is 4.69. The summed E-state index contributed by atoms with van der Waals surface area (Å²) in [5.74, 6) is 0. The second kappa shape index (κ2) is 7.52. The lowest BCUT2D eigenvalue weighted by molar-refractivity contribution is 0.228. The van der Waals surface area contributed by atoms with Crippen LogP contribution in [0.15, 0.2) is 78.5 Å². The average molecular weight is 430 g/mol. The third-order valence-corrected chi connectivity index (χ3v) is 5.83. The van der Waals surface area contributed by atoms with Gasteiger partial charge in [0.15, 0.2) is 0 Å². The molecular formula is C24H16ClN3OS. The Morgan fingerprint density at radius 2 is 1.53 bits per heavy atom. The fraction of sp³-hybridized carbons (Fsp3) is 0.0417. The highest BCUT2D eigenvalue weighted by molar-refractivity contribution is 7.80. The minimum Gasteiger partial charge on any atom is -0.305 e. The molecule has 1 aromatic heterocycles. The van der Waals surface area contributed by atoms with Crippen LogP contribution in [0.1, 0.15) is 11.1 Å². The van der Waals surface area contributed by atoms with E-state index in [1.807, 2.05) is 66.7 Å². The average Bonchev–Trinajstić information content (AvgIpc) is 3.02. The Bertz CT molecular complexity index is 1290. The molecule has 0 spiro atoms. The molecule has 5 rings (SSSR count). The molecule has 0 aliphatic carbocycles. The fourth-order valence-electron chi connectivity index (χ4n) is 3.66. The van der Waals surface area contributed by atoms with Crippen molar-refractivity contribution in [1.82, 2.24) is 15.2 Å². The van der Waals surface area contributed by atoms with E-state index in [-0.39, 0.29) is 6.03 Å². The van der Waals surface area contributed by atoms with Crippen molar-refractivity contribution < 1.29 is 4.79 Å². The van der Waals surface area contributed by atoms with E-state index >= 15 is 0 Å². The second-order valence-corrected chi connectivity index (χ2v) is 7.89. The number of thiocarbonyl (C=S) groups is 1. The lowest BCUT2D eigenvalue weighted by atomic mass is 10.0. The van der Waals surface area contributed by atoms with Gasteiger partial charge in [-0.2, -0.15) is 0 Å². The van der Waals surface area contributed by atoms with Crippen LogP contribution >= 0.6 is 23.8 Å². The number of benzene rings is 3. The number of urea groups is 1. The summed E-state index contributed by atoms with van der Waals surface area (Å²) in [6.07, 6.45) is 1.95. The molecule has 0 bridgehead atoms. The number of carbonyl (C=O) groups is 1. The standard InChI is InChI=1S/C24H16ClN3OS/c25-16-11-9-15(10-12-16)14-28-23(30)22(27-24(28)29)13-19-17-5-1-3-7-20(17)26-21-8-4-2-6-18(19)21/h1-13H,14H2,(H,27,29)/b22-13+. The third-order valence-electron chi connectivity index (χ3n) is 5.13. The Hall–Kier alpha value is -3.28. The van der Waals surface area contributed by atoms with E-state index in [1.165, 1.54) is 0 Å². The summed E-state index contributed by atoms with van der Waals surface area (Å²) in [7, 11) is 0. The number of hydrogen-bond donors (Lipinski definition) is 1. The molecule has 146 valence electrons. The summed E-state index contributed by atoms with van der Waals surface area (Å²) in [6.45, 7) is 0.386. The lowest BCUT2D eigenvalue weighted by Crippen LogP contribution is -2.29. The highest BCUT2D eigenvalue weighted by atomic mass is 35.5. The lowest BCUT2D eigenvalue weighted by Gasteiger charge is -2.14. The summed E-state index contributed by atoms with van der Waals surface area (Å²) >= 11 is 11.6. The van der Waals surface area contributed by atoms with Gasteiger partial charge in [0.1, 0.15) is 4.99 Å². The van der Waals surface area contributed by atoms with Crippen LogP contribution in [0.5, 0.6) is 0 Å². The van der Waals surface area contributed by atoms with Crippen molar-refractivity contribution in [3.8, 4) is 0 Å². The van der Waals surface area contributed by atoms with E-state index in [0.29, 0.717) is 22.3 Å². The molecule has 2 heterocycles. The zero-order chi connectivity index (χ0) is 20.7. The zero-order valence-electron chi connectivity index (χ0n) is 15.8. The second-order valence-electron chi connectivity index (χ2n) is 7.07. The van der Waals surface area contributed by atoms with Crippen LogP contribution in [0.2, 0.25) is 5.02 Å². The Morgan fingerprint density at radius 1 is 0.933 bits per heavy atom. The molecule has 6 heteroatoms.